The molecule has 23 heavy (non-hydrogen) atoms. The molecule has 1 nitrogen and oxygen atoms in total. The minimum Gasteiger partial charge on any atom is -0.320 e. The molecule has 0 amide bonds. The fraction of sp³-hybridized carbons (Fsp3) is 0.364. The number of rotatable bonds is 4. The van der Waals surface area contributed by atoms with Crippen LogP contribution in [0.2, 0.25) is 0 Å². The van der Waals surface area contributed by atoms with Crippen molar-refractivity contribution in [2.45, 2.75) is 52.9 Å². The molecule has 3 rings (SSSR count). The van der Waals surface area contributed by atoms with Gasteiger partial charge >= 0.3 is 0 Å². The summed E-state index contributed by atoms with van der Waals surface area (Å²) in [5.41, 5.74) is 8.38. The maximum atomic E-state index is 2.39. The van der Waals surface area contributed by atoms with Gasteiger partial charge in [-0.15, -0.1) is 0 Å². The quantitative estimate of drug-likeness (QED) is 0.532. The highest BCUT2D eigenvalue weighted by Crippen LogP contribution is 2.42. The Morgan fingerprint density at radius 3 is 2.30 bits per heavy atom. The first-order valence-electron chi connectivity index (χ1n) is 8.63. The molecule has 0 bridgehead atoms. The molecule has 0 aliphatic heterocycles. The first kappa shape index (κ1) is 15.9. The van der Waals surface area contributed by atoms with Crippen LogP contribution in [0.15, 0.2) is 48.7 Å². The zero-order valence-corrected chi connectivity index (χ0v) is 15.0. The number of fused-ring (bicyclic) bond motifs is 1. The molecule has 1 aromatic carbocycles. The third-order valence-electron chi connectivity index (χ3n) is 4.94. The lowest BCUT2D eigenvalue weighted by Gasteiger charge is -2.26. The fourth-order valence-corrected chi connectivity index (χ4v) is 3.91. The molecule has 120 valence electrons. The highest BCUT2D eigenvalue weighted by molar-refractivity contribution is 5.81. The number of hydrogen-bond donors (Lipinski definition) is 0. The molecule has 2 aromatic heterocycles. The first-order chi connectivity index (χ1) is 11.0. The number of aryl methyl sites for hydroxylation is 2. The first-order valence-corrected chi connectivity index (χ1v) is 8.63. The Bertz CT molecular complexity index is 822. The second-order valence-corrected chi connectivity index (χ2v) is 7.30. The molecule has 0 radical (unpaired) electrons. The van der Waals surface area contributed by atoms with E-state index in [1.54, 1.807) is 0 Å². The van der Waals surface area contributed by atoms with Crippen LogP contribution in [0, 0.1) is 13.8 Å². The zero-order valence-electron chi connectivity index (χ0n) is 15.0. The minimum absolute atomic E-state index is 0.161. The average molecular weight is 305 g/mol. The van der Waals surface area contributed by atoms with Crippen molar-refractivity contribution in [2.24, 2.45) is 0 Å². The van der Waals surface area contributed by atoms with Crippen LogP contribution in [0.3, 0.4) is 0 Å². The van der Waals surface area contributed by atoms with Gasteiger partial charge in [0.15, 0.2) is 0 Å². The average Bonchev–Trinajstić information content (AvgIpc) is 2.81. The Morgan fingerprint density at radius 2 is 1.65 bits per heavy atom. The van der Waals surface area contributed by atoms with Crippen molar-refractivity contribution in [1.82, 2.24) is 4.40 Å². The van der Waals surface area contributed by atoms with Gasteiger partial charge < -0.3 is 4.40 Å². The predicted octanol–water partition coefficient (Wildman–Crippen LogP) is 6.30. The molecule has 1 heteroatoms. The summed E-state index contributed by atoms with van der Waals surface area (Å²) in [6.45, 7) is 11.5. The van der Waals surface area contributed by atoms with Gasteiger partial charge in [0.1, 0.15) is 0 Å². The van der Waals surface area contributed by atoms with E-state index in [4.69, 9.17) is 0 Å². The lowest BCUT2D eigenvalue weighted by Crippen LogP contribution is -2.17. The van der Waals surface area contributed by atoms with Crippen LogP contribution >= 0.6 is 0 Å². The summed E-state index contributed by atoms with van der Waals surface area (Å²) >= 11 is 0. The molecule has 0 spiro atoms. The summed E-state index contributed by atoms with van der Waals surface area (Å²) in [5.74, 6) is 0. The molecule has 0 saturated heterocycles. The molecule has 0 aliphatic carbocycles. The van der Waals surface area contributed by atoms with Crippen molar-refractivity contribution in [3.05, 3.63) is 65.5 Å². The second-order valence-electron chi connectivity index (χ2n) is 7.30. The van der Waals surface area contributed by atoms with Gasteiger partial charge in [0.2, 0.25) is 0 Å². The third-order valence-corrected chi connectivity index (χ3v) is 4.94. The number of nitrogens with zero attached hydrogens (tertiary/aromatic N) is 1. The molecule has 3 aromatic rings. The number of aromatic nitrogens is 1. The van der Waals surface area contributed by atoms with Crippen molar-refractivity contribution in [2.75, 3.05) is 0 Å². The van der Waals surface area contributed by atoms with E-state index in [0.717, 1.165) is 0 Å². The Balaban J connectivity index is 2.40. The van der Waals surface area contributed by atoms with Gasteiger partial charge in [-0.25, -0.2) is 0 Å². The van der Waals surface area contributed by atoms with Crippen LogP contribution in [0.1, 0.15) is 50.4 Å². The topological polar surface area (TPSA) is 4.41 Å². The highest BCUT2D eigenvalue weighted by atomic mass is 14.9. The van der Waals surface area contributed by atoms with Gasteiger partial charge in [0.05, 0.1) is 0 Å². The lowest BCUT2D eigenvalue weighted by atomic mass is 9.77. The largest absolute Gasteiger partial charge is 0.320 e. The van der Waals surface area contributed by atoms with Gasteiger partial charge in [0, 0.05) is 23.0 Å². The van der Waals surface area contributed by atoms with E-state index in [1.165, 1.54) is 46.3 Å². The molecule has 0 fully saturated rings. The number of benzene rings is 1. The van der Waals surface area contributed by atoms with E-state index in [2.05, 4.69) is 87.7 Å². The molecule has 0 aliphatic rings. The van der Waals surface area contributed by atoms with Crippen molar-refractivity contribution in [3.8, 4) is 11.1 Å². The van der Waals surface area contributed by atoms with Crippen LogP contribution in [-0.2, 0) is 5.41 Å². The summed E-state index contributed by atoms with van der Waals surface area (Å²) in [4.78, 5) is 0. The van der Waals surface area contributed by atoms with Crippen molar-refractivity contribution in [3.63, 3.8) is 0 Å². The summed E-state index contributed by atoms with van der Waals surface area (Å²) in [6, 6.07) is 15.4. The summed E-state index contributed by atoms with van der Waals surface area (Å²) < 4.78 is 2.38. The van der Waals surface area contributed by atoms with Gasteiger partial charge in [-0.3, -0.25) is 0 Å². The Labute approximate surface area is 140 Å². The van der Waals surface area contributed by atoms with Crippen molar-refractivity contribution in [1.29, 1.82) is 0 Å². The maximum absolute atomic E-state index is 2.39. The van der Waals surface area contributed by atoms with E-state index in [1.807, 2.05) is 0 Å². The van der Waals surface area contributed by atoms with Gasteiger partial charge in [-0.2, -0.15) is 0 Å². The summed E-state index contributed by atoms with van der Waals surface area (Å²) in [5, 5.41) is 0. The lowest BCUT2D eigenvalue weighted by molar-refractivity contribution is 0.478. The van der Waals surface area contributed by atoms with E-state index in [0.29, 0.717) is 0 Å². The monoisotopic (exact) mass is 305 g/mol. The zero-order chi connectivity index (χ0) is 16.6. The normalized spacial score (nSPS) is 12.0. The van der Waals surface area contributed by atoms with Crippen molar-refractivity contribution < 1.29 is 0 Å². The Hall–Kier alpha value is -2.02. The number of hydrogen-bond acceptors (Lipinski definition) is 0. The van der Waals surface area contributed by atoms with Crippen LogP contribution in [0.5, 0.6) is 0 Å². The van der Waals surface area contributed by atoms with Crippen molar-refractivity contribution >= 4 is 5.52 Å². The maximum Gasteiger partial charge on any atom is 0.0496 e. The van der Waals surface area contributed by atoms with Crippen LogP contribution in [0.4, 0.5) is 0 Å². The van der Waals surface area contributed by atoms with Gasteiger partial charge in [-0.1, -0.05) is 63.6 Å². The smallest absolute Gasteiger partial charge is 0.0496 e. The predicted molar refractivity (Wildman–Crippen MR) is 100 cm³/mol. The minimum atomic E-state index is 0.161. The van der Waals surface area contributed by atoms with E-state index >= 15 is 0 Å². The standard InChI is InChI=1S/C22H27N/c1-6-14-22(4,5)21-19-13-12-16(2)15-23(19)17(3)20(21)18-10-8-7-9-11-18/h7-13,15H,6,14H2,1-5H3. The van der Waals surface area contributed by atoms with E-state index < -0.39 is 0 Å². The third kappa shape index (κ3) is 2.69. The molecule has 0 N–H and O–H groups in total. The number of pyridine rings is 1. The highest BCUT2D eigenvalue weighted by Gasteiger charge is 2.29. The molecule has 0 atom stereocenters. The fourth-order valence-electron chi connectivity index (χ4n) is 3.91. The summed E-state index contributed by atoms with van der Waals surface area (Å²) in [6.07, 6.45) is 4.66. The SMILES string of the molecule is CCCC(C)(C)c1c(-c2ccccc2)c(C)n2cc(C)ccc12. The van der Waals surface area contributed by atoms with E-state index in [9.17, 15) is 0 Å². The summed E-state index contributed by atoms with van der Waals surface area (Å²) in [7, 11) is 0. The molecule has 0 saturated carbocycles. The second kappa shape index (κ2) is 5.88. The molecule has 0 unspecified atom stereocenters. The Morgan fingerprint density at radius 1 is 0.957 bits per heavy atom. The van der Waals surface area contributed by atoms with Crippen LogP contribution in [-0.4, -0.2) is 4.40 Å². The molecule has 2 heterocycles. The molecular weight excluding hydrogens is 278 g/mol. The van der Waals surface area contributed by atoms with Crippen LogP contribution < -0.4 is 0 Å². The van der Waals surface area contributed by atoms with E-state index in [-0.39, 0.29) is 5.41 Å². The van der Waals surface area contributed by atoms with Gasteiger partial charge in [0.25, 0.3) is 0 Å². The van der Waals surface area contributed by atoms with Crippen LogP contribution in [0.25, 0.3) is 16.6 Å². The molecular formula is C22H27N. The van der Waals surface area contributed by atoms with Gasteiger partial charge in [-0.05, 0) is 48.4 Å². The Kier molecular flexibility index (Phi) is 4.06.